The highest BCUT2D eigenvalue weighted by molar-refractivity contribution is 5.92. The summed E-state index contributed by atoms with van der Waals surface area (Å²) in [5.74, 6) is 3.66. The molecule has 0 atom stereocenters. The molecule has 0 aromatic heterocycles. The monoisotopic (exact) mass is 222 g/mol. The second-order valence-corrected chi connectivity index (χ2v) is 2.74. The molecule has 0 radical (unpaired) electrons. The van der Waals surface area contributed by atoms with E-state index in [1.807, 2.05) is 0 Å². The zero-order valence-corrected chi connectivity index (χ0v) is 8.16. The van der Waals surface area contributed by atoms with E-state index in [0.717, 1.165) is 6.34 Å². The van der Waals surface area contributed by atoms with Crippen LogP contribution in [0.15, 0.2) is 28.4 Å². The summed E-state index contributed by atoms with van der Waals surface area (Å²) >= 11 is 0. The number of aromatic carboxylic acids is 1. The van der Waals surface area contributed by atoms with Gasteiger partial charge >= 0.3 is 5.97 Å². The minimum absolute atomic E-state index is 0.0618. The van der Waals surface area contributed by atoms with Crippen LogP contribution in [0.4, 0.5) is 0 Å². The van der Waals surface area contributed by atoms with Crippen LogP contribution in [0.5, 0.6) is 5.75 Å². The Labute approximate surface area is 90.9 Å². The van der Waals surface area contributed by atoms with Crippen LogP contribution in [-0.4, -0.2) is 28.7 Å². The second-order valence-electron chi connectivity index (χ2n) is 2.74. The zero-order chi connectivity index (χ0) is 12.0. The number of phenolic OH excluding ortho intramolecular Hbond substituents is 1. The summed E-state index contributed by atoms with van der Waals surface area (Å²) in [5, 5.41) is 24.9. The standard InChI is InChI=1S/C9H10N4O3/c10-11-5-13-12-4-7-3-6(9(15)16)1-2-8(7)14/h1-5,14H,10H2,(H,11,13)(H,15,16)/b12-4+. The minimum Gasteiger partial charge on any atom is -0.507 e. The van der Waals surface area contributed by atoms with E-state index in [4.69, 9.17) is 10.9 Å². The van der Waals surface area contributed by atoms with Crippen molar-refractivity contribution in [1.29, 1.82) is 0 Å². The Morgan fingerprint density at radius 3 is 2.88 bits per heavy atom. The van der Waals surface area contributed by atoms with Crippen molar-refractivity contribution in [2.45, 2.75) is 0 Å². The molecule has 7 heteroatoms. The molecule has 1 rings (SSSR count). The number of hydrazone groups is 2. The first-order valence-corrected chi connectivity index (χ1v) is 4.21. The smallest absolute Gasteiger partial charge is 0.335 e. The summed E-state index contributed by atoms with van der Waals surface area (Å²) in [7, 11) is 0. The summed E-state index contributed by atoms with van der Waals surface area (Å²) < 4.78 is 0. The van der Waals surface area contributed by atoms with Gasteiger partial charge < -0.3 is 16.1 Å². The van der Waals surface area contributed by atoms with E-state index in [1.54, 1.807) is 0 Å². The SMILES string of the molecule is NN=CN/N=C/c1cc(C(=O)O)ccc1O. The van der Waals surface area contributed by atoms with Crippen LogP contribution in [0.1, 0.15) is 15.9 Å². The summed E-state index contributed by atoms with van der Waals surface area (Å²) in [5.41, 5.74) is 2.69. The summed E-state index contributed by atoms with van der Waals surface area (Å²) in [4.78, 5) is 10.7. The first-order valence-electron chi connectivity index (χ1n) is 4.21. The van der Waals surface area contributed by atoms with Gasteiger partial charge in [0.05, 0.1) is 11.8 Å². The van der Waals surface area contributed by atoms with Gasteiger partial charge in [-0.1, -0.05) is 0 Å². The number of nitrogens with one attached hydrogen (secondary N) is 1. The lowest BCUT2D eigenvalue weighted by Crippen LogP contribution is -2.04. The number of nitrogens with zero attached hydrogens (tertiary/aromatic N) is 2. The third-order valence-corrected chi connectivity index (χ3v) is 1.68. The van der Waals surface area contributed by atoms with Crippen LogP contribution in [0, 0.1) is 0 Å². The van der Waals surface area contributed by atoms with E-state index < -0.39 is 5.97 Å². The van der Waals surface area contributed by atoms with Gasteiger partial charge in [0.25, 0.3) is 0 Å². The Morgan fingerprint density at radius 2 is 2.25 bits per heavy atom. The van der Waals surface area contributed by atoms with Crippen molar-refractivity contribution in [2.75, 3.05) is 0 Å². The van der Waals surface area contributed by atoms with Gasteiger partial charge in [-0.05, 0) is 18.2 Å². The number of phenols is 1. The van der Waals surface area contributed by atoms with Gasteiger partial charge in [-0.15, -0.1) is 0 Å². The average Bonchev–Trinajstić information content (AvgIpc) is 2.26. The molecular weight excluding hydrogens is 212 g/mol. The highest BCUT2D eigenvalue weighted by atomic mass is 16.4. The molecular formula is C9H10N4O3. The first-order chi connectivity index (χ1) is 7.65. The number of aromatic hydroxyl groups is 1. The lowest BCUT2D eigenvalue weighted by Gasteiger charge is -2.00. The lowest BCUT2D eigenvalue weighted by atomic mass is 10.1. The number of rotatable bonds is 4. The highest BCUT2D eigenvalue weighted by Gasteiger charge is 2.05. The molecule has 1 aromatic carbocycles. The van der Waals surface area contributed by atoms with Crippen molar-refractivity contribution in [2.24, 2.45) is 16.0 Å². The Morgan fingerprint density at radius 1 is 1.50 bits per heavy atom. The van der Waals surface area contributed by atoms with Crippen molar-refractivity contribution in [3.63, 3.8) is 0 Å². The maximum Gasteiger partial charge on any atom is 0.335 e. The van der Waals surface area contributed by atoms with Gasteiger partial charge in [-0.2, -0.15) is 10.2 Å². The van der Waals surface area contributed by atoms with Crippen molar-refractivity contribution >= 4 is 18.5 Å². The van der Waals surface area contributed by atoms with Gasteiger partial charge in [0.15, 0.2) is 0 Å². The number of nitrogens with two attached hydrogens (primary N) is 1. The largest absolute Gasteiger partial charge is 0.507 e. The average molecular weight is 222 g/mol. The molecule has 0 bridgehead atoms. The Bertz CT molecular complexity index is 442. The Balaban J connectivity index is 2.90. The molecule has 0 saturated carbocycles. The molecule has 1 aromatic rings. The maximum absolute atomic E-state index is 10.7. The van der Waals surface area contributed by atoms with Crippen LogP contribution in [0.2, 0.25) is 0 Å². The quantitative estimate of drug-likeness (QED) is 0.246. The van der Waals surface area contributed by atoms with E-state index in [9.17, 15) is 9.90 Å². The van der Waals surface area contributed by atoms with E-state index in [-0.39, 0.29) is 16.9 Å². The molecule has 0 saturated heterocycles. The van der Waals surface area contributed by atoms with Crippen molar-refractivity contribution in [3.8, 4) is 5.75 Å². The molecule has 0 aliphatic heterocycles. The number of carbonyl (C=O) groups is 1. The van der Waals surface area contributed by atoms with Crippen molar-refractivity contribution in [3.05, 3.63) is 29.3 Å². The summed E-state index contributed by atoms with van der Waals surface area (Å²) in [6.07, 6.45) is 2.39. The molecule has 0 spiro atoms. The van der Waals surface area contributed by atoms with Crippen LogP contribution in [0.25, 0.3) is 0 Å². The number of benzene rings is 1. The number of carboxylic acids is 1. The predicted octanol–water partition coefficient (Wildman–Crippen LogP) is -0.0841. The third kappa shape index (κ3) is 2.98. The van der Waals surface area contributed by atoms with Crippen LogP contribution in [0.3, 0.4) is 0 Å². The molecule has 0 aliphatic carbocycles. The minimum atomic E-state index is -1.08. The van der Waals surface area contributed by atoms with Crippen molar-refractivity contribution in [1.82, 2.24) is 5.43 Å². The van der Waals surface area contributed by atoms with Gasteiger partial charge in [0.2, 0.25) is 0 Å². The van der Waals surface area contributed by atoms with Gasteiger partial charge in [-0.3, -0.25) is 5.43 Å². The topological polar surface area (TPSA) is 120 Å². The molecule has 0 unspecified atom stereocenters. The molecule has 0 amide bonds. The van der Waals surface area contributed by atoms with Gasteiger partial charge in [-0.25, -0.2) is 4.79 Å². The van der Waals surface area contributed by atoms with Crippen LogP contribution < -0.4 is 11.3 Å². The fourth-order valence-electron chi connectivity index (χ4n) is 0.964. The third-order valence-electron chi connectivity index (χ3n) is 1.68. The second kappa shape index (κ2) is 5.35. The Hall–Kier alpha value is -2.57. The normalized spacial score (nSPS) is 11.0. The maximum atomic E-state index is 10.7. The number of hydrogen-bond donors (Lipinski definition) is 4. The number of carboxylic acid groups (broad SMARTS) is 1. The van der Waals surface area contributed by atoms with Gasteiger partial charge in [0.1, 0.15) is 12.1 Å². The molecule has 0 heterocycles. The van der Waals surface area contributed by atoms with E-state index in [2.05, 4.69) is 15.6 Å². The Kier molecular flexibility index (Phi) is 3.84. The van der Waals surface area contributed by atoms with Crippen LogP contribution in [-0.2, 0) is 0 Å². The van der Waals surface area contributed by atoms with Gasteiger partial charge in [0, 0.05) is 5.56 Å². The first kappa shape index (κ1) is 11.5. The zero-order valence-electron chi connectivity index (χ0n) is 8.16. The molecule has 7 nitrogen and oxygen atoms in total. The molecule has 5 N–H and O–H groups in total. The lowest BCUT2D eigenvalue weighted by molar-refractivity contribution is 0.0697. The molecule has 84 valence electrons. The predicted molar refractivity (Wildman–Crippen MR) is 58.5 cm³/mol. The fourth-order valence-corrected chi connectivity index (χ4v) is 0.964. The number of hydrogen-bond acceptors (Lipinski definition) is 5. The van der Waals surface area contributed by atoms with Crippen LogP contribution >= 0.6 is 0 Å². The molecule has 0 fully saturated rings. The van der Waals surface area contributed by atoms with Crippen molar-refractivity contribution < 1.29 is 15.0 Å². The van der Waals surface area contributed by atoms with E-state index in [1.165, 1.54) is 24.4 Å². The summed E-state index contributed by atoms with van der Waals surface area (Å²) in [6.45, 7) is 0. The summed E-state index contributed by atoms with van der Waals surface area (Å²) in [6, 6.07) is 3.87. The molecule has 0 aliphatic rings. The highest BCUT2D eigenvalue weighted by Crippen LogP contribution is 2.16. The van der Waals surface area contributed by atoms with E-state index >= 15 is 0 Å². The fraction of sp³-hybridized carbons (Fsp3) is 0. The molecule has 16 heavy (non-hydrogen) atoms. The van der Waals surface area contributed by atoms with E-state index in [0.29, 0.717) is 0 Å².